The van der Waals surface area contributed by atoms with Crippen LogP contribution in [0.15, 0.2) is 72.9 Å². The van der Waals surface area contributed by atoms with Gasteiger partial charge in [0.2, 0.25) is 5.75 Å². The number of methoxy groups -OCH3 is 2. The van der Waals surface area contributed by atoms with Crippen molar-refractivity contribution >= 4 is 17.3 Å². The van der Waals surface area contributed by atoms with Gasteiger partial charge in [0.1, 0.15) is 11.5 Å². The van der Waals surface area contributed by atoms with Crippen molar-refractivity contribution in [3.63, 3.8) is 0 Å². The van der Waals surface area contributed by atoms with E-state index in [9.17, 15) is 14.9 Å². The van der Waals surface area contributed by atoms with Crippen molar-refractivity contribution in [2.24, 2.45) is 0 Å². The third-order valence-electron chi connectivity index (χ3n) is 5.21. The molecule has 4 aromatic rings. The molecule has 0 bridgehead atoms. The number of carbonyl (C=O) groups is 1. The van der Waals surface area contributed by atoms with E-state index < -0.39 is 10.8 Å². The van der Waals surface area contributed by atoms with E-state index in [1.807, 2.05) is 19.1 Å². The number of ether oxygens (including phenoxy) is 4. The van der Waals surface area contributed by atoms with Crippen LogP contribution in [-0.2, 0) is 6.73 Å². The number of hydrogen-bond acceptors (Lipinski definition) is 8. The number of aryl methyl sites for hydroxylation is 1. The third-order valence-corrected chi connectivity index (χ3v) is 5.21. The average molecular weight is 504 g/mol. The number of nitro groups is 1. The number of benzene rings is 3. The minimum Gasteiger partial charge on any atom is -0.493 e. The van der Waals surface area contributed by atoms with Crippen LogP contribution in [0.1, 0.15) is 16.1 Å². The van der Waals surface area contributed by atoms with E-state index in [2.05, 4.69) is 10.4 Å². The lowest BCUT2D eigenvalue weighted by Crippen LogP contribution is -2.14. The first-order chi connectivity index (χ1) is 17.9. The predicted octanol–water partition coefficient (Wildman–Crippen LogP) is 5.20. The number of anilines is 1. The molecule has 0 unspecified atom stereocenters. The Labute approximate surface area is 212 Å². The fraction of sp³-hybridized carbons (Fsp3) is 0.154. The average Bonchev–Trinajstić information content (AvgIpc) is 3.37. The van der Waals surface area contributed by atoms with Gasteiger partial charge in [-0.05, 0) is 37.3 Å². The number of nitro benzene ring substituents is 1. The van der Waals surface area contributed by atoms with Gasteiger partial charge in [-0.3, -0.25) is 14.9 Å². The molecule has 1 heterocycles. The fourth-order valence-electron chi connectivity index (χ4n) is 3.40. The van der Waals surface area contributed by atoms with Gasteiger partial charge in [-0.25, -0.2) is 4.68 Å². The summed E-state index contributed by atoms with van der Waals surface area (Å²) in [5, 5.41) is 18.3. The molecule has 0 radical (unpaired) electrons. The molecule has 4 rings (SSSR count). The second kappa shape index (κ2) is 11.1. The summed E-state index contributed by atoms with van der Waals surface area (Å²) in [6.07, 6.45) is 1.57. The first-order valence-electron chi connectivity index (χ1n) is 11.1. The summed E-state index contributed by atoms with van der Waals surface area (Å²) in [4.78, 5) is 23.7. The molecule has 0 spiro atoms. The van der Waals surface area contributed by atoms with E-state index in [0.717, 1.165) is 5.56 Å². The van der Waals surface area contributed by atoms with E-state index in [1.54, 1.807) is 36.5 Å². The van der Waals surface area contributed by atoms with Crippen molar-refractivity contribution in [3.05, 3.63) is 94.3 Å². The van der Waals surface area contributed by atoms with Gasteiger partial charge in [0.05, 0.1) is 30.9 Å². The van der Waals surface area contributed by atoms with Crippen molar-refractivity contribution in [2.75, 3.05) is 19.5 Å². The molecule has 1 N–H and O–H groups in total. The molecule has 11 nitrogen and oxygen atoms in total. The van der Waals surface area contributed by atoms with E-state index in [0.29, 0.717) is 23.0 Å². The number of nitrogens with zero attached hydrogens (tertiary/aromatic N) is 3. The topological polar surface area (TPSA) is 127 Å². The SMILES string of the molecule is COc1cccc(OC)c1OCn1ccc(C(=O)Nc2cc(Oc3ccc(C)cc3)cc([N+](=O)[O-])c2)n1. The molecule has 0 aliphatic heterocycles. The van der Waals surface area contributed by atoms with Crippen molar-refractivity contribution in [1.29, 1.82) is 0 Å². The maximum absolute atomic E-state index is 12.8. The number of carbonyl (C=O) groups excluding carboxylic acids is 1. The molecule has 0 saturated carbocycles. The highest BCUT2D eigenvalue weighted by Crippen LogP contribution is 2.37. The Kier molecular flexibility index (Phi) is 7.53. The van der Waals surface area contributed by atoms with Gasteiger partial charge >= 0.3 is 0 Å². The molecule has 190 valence electrons. The van der Waals surface area contributed by atoms with Crippen LogP contribution in [0.5, 0.6) is 28.7 Å². The number of hydrogen-bond donors (Lipinski definition) is 1. The molecule has 11 heteroatoms. The molecular weight excluding hydrogens is 480 g/mol. The monoisotopic (exact) mass is 504 g/mol. The summed E-state index contributed by atoms with van der Waals surface area (Å²) in [5.74, 6) is 1.52. The van der Waals surface area contributed by atoms with Gasteiger partial charge in [0.25, 0.3) is 11.6 Å². The number of para-hydroxylation sites is 1. The molecule has 0 saturated heterocycles. The molecule has 1 aromatic heterocycles. The summed E-state index contributed by atoms with van der Waals surface area (Å²) >= 11 is 0. The summed E-state index contributed by atoms with van der Waals surface area (Å²) in [7, 11) is 3.03. The Morgan fingerprint density at radius 2 is 1.70 bits per heavy atom. The lowest BCUT2D eigenvalue weighted by Gasteiger charge is -2.13. The Balaban J connectivity index is 1.47. The summed E-state index contributed by atoms with van der Waals surface area (Å²) in [5.41, 5.74) is 1.09. The van der Waals surface area contributed by atoms with Crippen LogP contribution in [0.4, 0.5) is 11.4 Å². The highest BCUT2D eigenvalue weighted by atomic mass is 16.6. The van der Waals surface area contributed by atoms with Crippen LogP contribution in [0.25, 0.3) is 0 Å². The van der Waals surface area contributed by atoms with Gasteiger partial charge in [-0.2, -0.15) is 5.10 Å². The molecule has 0 aliphatic carbocycles. The quantitative estimate of drug-likeness (QED) is 0.231. The maximum Gasteiger partial charge on any atom is 0.276 e. The van der Waals surface area contributed by atoms with Crippen molar-refractivity contribution in [3.8, 4) is 28.7 Å². The Morgan fingerprint density at radius 3 is 2.35 bits per heavy atom. The lowest BCUT2D eigenvalue weighted by atomic mass is 10.2. The Bertz CT molecular complexity index is 1390. The zero-order valence-electron chi connectivity index (χ0n) is 20.3. The number of rotatable bonds is 10. The van der Waals surface area contributed by atoms with Crippen LogP contribution < -0.4 is 24.3 Å². The smallest absolute Gasteiger partial charge is 0.276 e. The molecular formula is C26H24N4O7. The predicted molar refractivity (Wildman–Crippen MR) is 135 cm³/mol. The summed E-state index contributed by atoms with van der Waals surface area (Å²) in [6.45, 7) is 1.92. The zero-order chi connectivity index (χ0) is 26.4. The Morgan fingerprint density at radius 1 is 1.00 bits per heavy atom. The van der Waals surface area contributed by atoms with E-state index in [4.69, 9.17) is 18.9 Å². The van der Waals surface area contributed by atoms with Crippen molar-refractivity contribution in [1.82, 2.24) is 9.78 Å². The first-order valence-corrected chi connectivity index (χ1v) is 11.1. The highest BCUT2D eigenvalue weighted by molar-refractivity contribution is 6.03. The molecule has 0 aliphatic rings. The number of amides is 1. The van der Waals surface area contributed by atoms with Gasteiger partial charge in [-0.1, -0.05) is 23.8 Å². The van der Waals surface area contributed by atoms with E-state index in [-0.39, 0.29) is 29.5 Å². The second-order valence-corrected chi connectivity index (χ2v) is 7.85. The Hall–Kier alpha value is -5.06. The van der Waals surface area contributed by atoms with Crippen LogP contribution >= 0.6 is 0 Å². The van der Waals surface area contributed by atoms with Crippen molar-refractivity contribution < 1.29 is 28.7 Å². The molecule has 1 amide bonds. The summed E-state index contributed by atoms with van der Waals surface area (Å²) < 4.78 is 23.6. The standard InChI is InChI=1S/C26H24N4O7/c1-17-7-9-20(10-8-17)37-21-14-18(13-19(15-21)30(32)33)27-26(31)22-11-12-29(28-22)16-36-25-23(34-2)5-4-6-24(25)35-3/h4-15H,16H2,1-3H3,(H,27,31). The molecule has 0 atom stereocenters. The van der Waals surface area contributed by atoms with Gasteiger partial charge in [0, 0.05) is 18.3 Å². The zero-order valence-corrected chi connectivity index (χ0v) is 20.3. The largest absolute Gasteiger partial charge is 0.493 e. The lowest BCUT2D eigenvalue weighted by molar-refractivity contribution is -0.384. The third kappa shape index (κ3) is 6.14. The first kappa shape index (κ1) is 25.0. The minimum atomic E-state index is -0.560. The van der Waals surface area contributed by atoms with Crippen LogP contribution in [-0.4, -0.2) is 34.8 Å². The van der Waals surface area contributed by atoms with Crippen LogP contribution in [0.2, 0.25) is 0 Å². The molecule has 37 heavy (non-hydrogen) atoms. The number of non-ortho nitro benzene ring substituents is 1. The maximum atomic E-state index is 12.8. The van der Waals surface area contributed by atoms with Crippen LogP contribution in [0, 0.1) is 17.0 Å². The van der Waals surface area contributed by atoms with Gasteiger partial charge in [0.15, 0.2) is 23.9 Å². The van der Waals surface area contributed by atoms with Gasteiger partial charge < -0.3 is 24.3 Å². The number of nitrogens with one attached hydrogen (secondary N) is 1. The molecule has 0 fully saturated rings. The normalized spacial score (nSPS) is 10.5. The van der Waals surface area contributed by atoms with Crippen molar-refractivity contribution in [2.45, 2.75) is 13.7 Å². The van der Waals surface area contributed by atoms with E-state index in [1.165, 1.54) is 43.2 Å². The second-order valence-electron chi connectivity index (χ2n) is 7.85. The van der Waals surface area contributed by atoms with E-state index >= 15 is 0 Å². The highest BCUT2D eigenvalue weighted by Gasteiger charge is 2.16. The minimum absolute atomic E-state index is 0.0185. The van der Waals surface area contributed by atoms with Crippen LogP contribution in [0.3, 0.4) is 0 Å². The van der Waals surface area contributed by atoms with Gasteiger partial charge in [-0.15, -0.1) is 0 Å². The molecule has 3 aromatic carbocycles. The number of aromatic nitrogens is 2. The summed E-state index contributed by atoms with van der Waals surface area (Å²) in [6, 6.07) is 18.0. The fourth-order valence-corrected chi connectivity index (χ4v) is 3.40.